The number of H-pyrrole nitrogens is 1. The van der Waals surface area contributed by atoms with Gasteiger partial charge < -0.3 is 19.6 Å². The number of furan rings is 1. The molecule has 29 heavy (non-hydrogen) atoms. The monoisotopic (exact) mass is 394 g/mol. The third-order valence-corrected chi connectivity index (χ3v) is 5.55. The van der Waals surface area contributed by atoms with E-state index in [2.05, 4.69) is 29.1 Å². The zero-order valence-corrected chi connectivity index (χ0v) is 16.7. The number of likely N-dealkylation sites (tertiary alicyclic amines) is 1. The molecule has 7 nitrogen and oxygen atoms in total. The van der Waals surface area contributed by atoms with Crippen molar-refractivity contribution in [3.05, 3.63) is 54.2 Å². The van der Waals surface area contributed by atoms with Crippen molar-refractivity contribution in [2.75, 3.05) is 13.1 Å². The largest absolute Gasteiger partial charge is 0.459 e. The standard InChI is InChI=1S/C22H26N4O3/c1-14(2)19(20-23-16-6-3-4-7-17(16)24-20)25-21(27)15-9-11-26(12-10-15)22(28)18-8-5-13-29-18/h3-8,13-15,19H,9-12H2,1-2H3,(H,23,24)(H,25,27). The number of carbonyl (C=O) groups is 2. The minimum atomic E-state index is -0.183. The molecule has 1 unspecified atom stereocenters. The van der Waals surface area contributed by atoms with Gasteiger partial charge in [0.2, 0.25) is 5.91 Å². The maximum atomic E-state index is 12.9. The number of piperidine rings is 1. The average Bonchev–Trinajstić information content (AvgIpc) is 3.40. The van der Waals surface area contributed by atoms with Crippen molar-refractivity contribution in [1.82, 2.24) is 20.2 Å². The van der Waals surface area contributed by atoms with Crippen molar-refractivity contribution in [2.45, 2.75) is 32.7 Å². The highest BCUT2D eigenvalue weighted by molar-refractivity contribution is 5.91. The first-order valence-corrected chi connectivity index (χ1v) is 10.1. The number of hydrogen-bond acceptors (Lipinski definition) is 4. The third-order valence-electron chi connectivity index (χ3n) is 5.55. The van der Waals surface area contributed by atoms with E-state index in [1.165, 1.54) is 6.26 Å². The first-order valence-electron chi connectivity index (χ1n) is 10.1. The van der Waals surface area contributed by atoms with Gasteiger partial charge in [-0.25, -0.2) is 4.98 Å². The van der Waals surface area contributed by atoms with Crippen LogP contribution in [0.2, 0.25) is 0 Å². The molecule has 0 aliphatic carbocycles. The van der Waals surface area contributed by atoms with Crippen LogP contribution in [0.5, 0.6) is 0 Å². The van der Waals surface area contributed by atoms with Crippen LogP contribution in [0, 0.1) is 11.8 Å². The Labute approximate surface area is 169 Å². The Morgan fingerprint density at radius 1 is 1.17 bits per heavy atom. The highest BCUT2D eigenvalue weighted by Gasteiger charge is 2.31. The van der Waals surface area contributed by atoms with Gasteiger partial charge in [0.05, 0.1) is 23.3 Å². The highest BCUT2D eigenvalue weighted by atomic mass is 16.3. The van der Waals surface area contributed by atoms with Crippen LogP contribution >= 0.6 is 0 Å². The fourth-order valence-electron chi connectivity index (χ4n) is 3.84. The lowest BCUT2D eigenvalue weighted by Crippen LogP contribution is -2.44. The molecule has 152 valence electrons. The van der Waals surface area contributed by atoms with Crippen molar-refractivity contribution < 1.29 is 14.0 Å². The minimum Gasteiger partial charge on any atom is -0.459 e. The number of benzene rings is 1. The van der Waals surface area contributed by atoms with Crippen molar-refractivity contribution in [3.8, 4) is 0 Å². The highest BCUT2D eigenvalue weighted by Crippen LogP contribution is 2.25. The van der Waals surface area contributed by atoms with Crippen molar-refractivity contribution in [2.24, 2.45) is 11.8 Å². The zero-order chi connectivity index (χ0) is 20.4. The summed E-state index contributed by atoms with van der Waals surface area (Å²) in [5.41, 5.74) is 1.86. The van der Waals surface area contributed by atoms with E-state index in [0.717, 1.165) is 16.9 Å². The number of nitrogens with one attached hydrogen (secondary N) is 2. The Morgan fingerprint density at radius 2 is 1.93 bits per heavy atom. The molecule has 2 aromatic heterocycles. The number of aromatic amines is 1. The fourth-order valence-corrected chi connectivity index (χ4v) is 3.84. The van der Waals surface area contributed by atoms with E-state index in [0.29, 0.717) is 31.7 Å². The summed E-state index contributed by atoms with van der Waals surface area (Å²) in [6, 6.07) is 11.0. The predicted octanol–water partition coefficient (Wildman–Crippen LogP) is 3.52. The Bertz CT molecular complexity index is 952. The molecular weight excluding hydrogens is 368 g/mol. The van der Waals surface area contributed by atoms with Crippen molar-refractivity contribution in [1.29, 1.82) is 0 Å². The SMILES string of the molecule is CC(C)C(NC(=O)C1CCN(C(=O)c2ccco2)CC1)c1nc2ccccc2[nH]1. The zero-order valence-electron chi connectivity index (χ0n) is 16.7. The summed E-state index contributed by atoms with van der Waals surface area (Å²) < 4.78 is 5.19. The van der Waals surface area contributed by atoms with E-state index < -0.39 is 0 Å². The summed E-state index contributed by atoms with van der Waals surface area (Å²) in [7, 11) is 0. The van der Waals surface area contributed by atoms with Crippen LogP contribution < -0.4 is 5.32 Å². The smallest absolute Gasteiger partial charge is 0.289 e. The number of imidazole rings is 1. The van der Waals surface area contributed by atoms with Crippen LogP contribution in [0.3, 0.4) is 0 Å². The Balaban J connectivity index is 1.39. The molecule has 1 saturated heterocycles. The second-order valence-corrected chi connectivity index (χ2v) is 7.91. The van der Waals surface area contributed by atoms with Crippen LogP contribution in [0.15, 0.2) is 47.1 Å². The molecule has 0 saturated carbocycles. The fraction of sp³-hybridized carbons (Fsp3) is 0.409. The Hall–Kier alpha value is -3.09. The minimum absolute atomic E-state index is 0.0225. The molecule has 4 rings (SSSR count). The molecule has 2 N–H and O–H groups in total. The third kappa shape index (κ3) is 4.04. The number of para-hydroxylation sites is 2. The molecule has 3 heterocycles. The summed E-state index contributed by atoms with van der Waals surface area (Å²) in [5, 5.41) is 3.18. The second kappa shape index (κ2) is 8.11. The first-order chi connectivity index (χ1) is 14.0. The van der Waals surface area contributed by atoms with Gasteiger partial charge in [-0.05, 0) is 43.0 Å². The van der Waals surface area contributed by atoms with Gasteiger partial charge in [-0.3, -0.25) is 9.59 Å². The van der Waals surface area contributed by atoms with E-state index >= 15 is 0 Å². The summed E-state index contributed by atoms with van der Waals surface area (Å²) in [6.07, 6.45) is 2.78. The van der Waals surface area contributed by atoms with Crippen LogP contribution in [0.4, 0.5) is 0 Å². The second-order valence-electron chi connectivity index (χ2n) is 7.91. The maximum absolute atomic E-state index is 12.9. The van der Waals surface area contributed by atoms with Crippen LogP contribution in [-0.2, 0) is 4.79 Å². The van der Waals surface area contributed by atoms with E-state index in [4.69, 9.17) is 4.42 Å². The summed E-state index contributed by atoms with van der Waals surface area (Å²) in [6.45, 7) is 5.24. The average molecular weight is 394 g/mol. The maximum Gasteiger partial charge on any atom is 0.289 e. The molecule has 0 spiro atoms. The number of rotatable bonds is 5. The van der Waals surface area contributed by atoms with Gasteiger partial charge in [-0.15, -0.1) is 0 Å². The van der Waals surface area contributed by atoms with Crippen LogP contribution in [0.1, 0.15) is 49.1 Å². The van der Waals surface area contributed by atoms with Gasteiger partial charge in [-0.1, -0.05) is 26.0 Å². The molecule has 0 radical (unpaired) electrons. The topological polar surface area (TPSA) is 91.2 Å². The van der Waals surface area contributed by atoms with Gasteiger partial charge in [0.25, 0.3) is 5.91 Å². The molecule has 1 fully saturated rings. The number of fused-ring (bicyclic) bond motifs is 1. The van der Waals surface area contributed by atoms with Gasteiger partial charge in [0, 0.05) is 19.0 Å². The van der Waals surface area contributed by atoms with E-state index in [1.807, 2.05) is 24.3 Å². The Kier molecular flexibility index (Phi) is 5.38. The van der Waals surface area contributed by atoms with Gasteiger partial charge >= 0.3 is 0 Å². The van der Waals surface area contributed by atoms with Crippen molar-refractivity contribution >= 4 is 22.8 Å². The molecular formula is C22H26N4O3. The predicted molar refractivity (Wildman–Crippen MR) is 109 cm³/mol. The number of amides is 2. The van der Waals surface area contributed by atoms with E-state index in [9.17, 15) is 9.59 Å². The van der Waals surface area contributed by atoms with Gasteiger partial charge in [-0.2, -0.15) is 0 Å². The summed E-state index contributed by atoms with van der Waals surface area (Å²) >= 11 is 0. The first kappa shape index (κ1) is 19.2. The molecule has 3 aromatic rings. The normalized spacial score (nSPS) is 16.3. The lowest BCUT2D eigenvalue weighted by Gasteiger charge is -2.32. The number of nitrogens with zero attached hydrogens (tertiary/aromatic N) is 2. The van der Waals surface area contributed by atoms with Gasteiger partial charge in [0.15, 0.2) is 5.76 Å². The molecule has 1 atom stereocenters. The molecule has 0 bridgehead atoms. The lowest BCUT2D eigenvalue weighted by molar-refractivity contribution is -0.127. The number of aromatic nitrogens is 2. The van der Waals surface area contributed by atoms with Crippen molar-refractivity contribution in [3.63, 3.8) is 0 Å². The number of carbonyl (C=O) groups excluding carboxylic acids is 2. The number of hydrogen-bond donors (Lipinski definition) is 2. The van der Waals surface area contributed by atoms with Crippen LogP contribution in [-0.4, -0.2) is 39.8 Å². The lowest BCUT2D eigenvalue weighted by atomic mass is 9.94. The van der Waals surface area contributed by atoms with Gasteiger partial charge in [0.1, 0.15) is 5.82 Å². The summed E-state index contributed by atoms with van der Waals surface area (Å²) in [4.78, 5) is 35.1. The molecule has 1 aliphatic heterocycles. The molecule has 7 heteroatoms. The van der Waals surface area contributed by atoms with Crippen LogP contribution in [0.25, 0.3) is 11.0 Å². The molecule has 1 aromatic carbocycles. The quantitative estimate of drug-likeness (QED) is 0.693. The summed E-state index contributed by atoms with van der Waals surface area (Å²) in [5.74, 6) is 1.12. The molecule has 1 aliphatic rings. The molecule has 2 amide bonds. The van der Waals surface area contributed by atoms with E-state index in [1.54, 1.807) is 17.0 Å². The van der Waals surface area contributed by atoms with E-state index in [-0.39, 0.29) is 29.7 Å². The Morgan fingerprint density at radius 3 is 2.59 bits per heavy atom.